The molecular weight excluding hydrogens is 583 g/mol. The van der Waals surface area contributed by atoms with Gasteiger partial charge in [-0.2, -0.15) is 0 Å². The van der Waals surface area contributed by atoms with Crippen LogP contribution in [0.1, 0.15) is 181 Å². The van der Waals surface area contributed by atoms with Crippen LogP contribution in [0.4, 0.5) is 0 Å². The first-order chi connectivity index (χ1) is 23.7. The van der Waals surface area contributed by atoms with Crippen LogP contribution in [0.15, 0.2) is 48.6 Å². The highest BCUT2D eigenvalue weighted by atomic mass is 15.3. The first kappa shape index (κ1) is 44.9. The number of likely N-dealkylation sites (N-methyl/N-ethyl adjacent to an activating group) is 1. The maximum absolute atomic E-state index is 2.88. The smallest absolute Gasteiger partial charge is 0.0113 e. The van der Waals surface area contributed by atoms with E-state index in [0.717, 1.165) is 18.9 Å². The minimum absolute atomic E-state index is 0.817. The topological polar surface area (TPSA) is 9.72 Å². The van der Waals surface area contributed by atoms with Crippen molar-refractivity contribution >= 4 is 0 Å². The van der Waals surface area contributed by atoms with Crippen LogP contribution in [-0.4, -0.2) is 74.1 Å². The summed E-state index contributed by atoms with van der Waals surface area (Å²) < 4.78 is 0. The Kier molecular flexibility index (Phi) is 33.3. The number of hydrogen-bond donors (Lipinski definition) is 0. The van der Waals surface area contributed by atoms with E-state index in [1.165, 1.54) is 193 Å². The molecule has 0 unspecified atom stereocenters. The predicted octanol–water partition coefficient (Wildman–Crippen LogP) is 12.9. The molecule has 0 aromatic heterocycles. The van der Waals surface area contributed by atoms with Crippen LogP contribution in [-0.2, 0) is 0 Å². The Balaban J connectivity index is 2.19. The van der Waals surface area contributed by atoms with E-state index in [2.05, 4.69) is 91.3 Å². The van der Waals surface area contributed by atoms with E-state index in [0.29, 0.717) is 0 Å². The highest BCUT2D eigenvalue weighted by molar-refractivity contribution is 4.93. The molecule has 0 N–H and O–H groups in total. The average Bonchev–Trinajstić information content (AvgIpc) is 3.09. The molecule has 1 rings (SSSR count). The highest BCUT2D eigenvalue weighted by Crippen LogP contribution is 2.21. The first-order valence-electron chi connectivity index (χ1n) is 21.4. The molecule has 0 aromatic rings. The van der Waals surface area contributed by atoms with Crippen molar-refractivity contribution in [2.75, 3.05) is 53.4 Å². The Morgan fingerprint density at radius 3 is 1.23 bits per heavy atom. The van der Waals surface area contributed by atoms with Crippen molar-refractivity contribution in [2.24, 2.45) is 0 Å². The van der Waals surface area contributed by atoms with Crippen LogP contribution in [0.25, 0.3) is 0 Å². The zero-order valence-corrected chi connectivity index (χ0v) is 33.2. The van der Waals surface area contributed by atoms with E-state index >= 15 is 0 Å². The van der Waals surface area contributed by atoms with E-state index in [1.807, 2.05) is 0 Å². The van der Waals surface area contributed by atoms with Crippen LogP contribution in [0.3, 0.4) is 0 Å². The van der Waals surface area contributed by atoms with E-state index in [4.69, 9.17) is 0 Å². The van der Waals surface area contributed by atoms with Crippen molar-refractivity contribution in [3.05, 3.63) is 48.6 Å². The quantitative estimate of drug-likeness (QED) is 0.0499. The molecule has 1 aliphatic heterocycles. The van der Waals surface area contributed by atoms with Crippen molar-refractivity contribution in [1.82, 2.24) is 14.7 Å². The summed E-state index contributed by atoms with van der Waals surface area (Å²) in [5, 5.41) is 0. The van der Waals surface area contributed by atoms with Crippen molar-refractivity contribution in [3.8, 4) is 0 Å². The van der Waals surface area contributed by atoms with E-state index in [9.17, 15) is 0 Å². The Morgan fingerprint density at radius 2 is 0.833 bits per heavy atom. The van der Waals surface area contributed by atoms with Gasteiger partial charge in [0.1, 0.15) is 0 Å². The van der Waals surface area contributed by atoms with Crippen molar-refractivity contribution in [2.45, 2.75) is 187 Å². The summed E-state index contributed by atoms with van der Waals surface area (Å²) in [5.74, 6) is 0. The molecule has 0 spiro atoms. The highest BCUT2D eigenvalue weighted by Gasteiger charge is 2.23. The first-order valence-corrected chi connectivity index (χ1v) is 21.4. The maximum atomic E-state index is 2.88. The molecule has 1 fully saturated rings. The van der Waals surface area contributed by atoms with E-state index < -0.39 is 0 Å². The zero-order valence-electron chi connectivity index (χ0n) is 33.2. The predicted molar refractivity (Wildman–Crippen MR) is 218 cm³/mol. The van der Waals surface area contributed by atoms with Gasteiger partial charge in [-0.05, 0) is 91.1 Å². The third kappa shape index (κ3) is 29.7. The lowest BCUT2D eigenvalue weighted by atomic mass is 9.98. The number of rotatable bonds is 34. The fourth-order valence-corrected chi connectivity index (χ4v) is 6.94. The lowest BCUT2D eigenvalue weighted by Crippen LogP contribution is -2.51. The summed E-state index contributed by atoms with van der Waals surface area (Å²) in [4.78, 5) is 7.90. The summed E-state index contributed by atoms with van der Waals surface area (Å²) in [6.45, 7) is 12.0. The van der Waals surface area contributed by atoms with Crippen LogP contribution in [0, 0.1) is 0 Å². The number of nitrogens with zero attached hydrogens (tertiary/aromatic N) is 3. The van der Waals surface area contributed by atoms with Crippen LogP contribution in [0.5, 0.6) is 0 Å². The van der Waals surface area contributed by atoms with Crippen molar-refractivity contribution < 1.29 is 0 Å². The Hall–Kier alpha value is -1.16. The number of allylic oxidation sites excluding steroid dienone is 8. The lowest BCUT2D eigenvalue weighted by Gasteiger charge is -2.40. The standard InChI is InChI=1S/C45H85N3/c1-5-7-9-11-13-15-17-19-21-23-25-27-29-31-33-35-37-45(48-43-41-47(42-44-48)40-39-46(3)4)38-36-34-32-30-28-26-24-22-20-18-16-14-12-10-8-6-2/h13-16,19-22,45H,5-12,17-18,23-44H2,1-4H3. The van der Waals surface area contributed by atoms with Gasteiger partial charge < -0.3 is 4.90 Å². The van der Waals surface area contributed by atoms with Gasteiger partial charge in [-0.15, -0.1) is 0 Å². The Morgan fingerprint density at radius 1 is 0.458 bits per heavy atom. The Labute approximate surface area is 302 Å². The van der Waals surface area contributed by atoms with Gasteiger partial charge in [0.2, 0.25) is 0 Å². The summed E-state index contributed by atoms with van der Waals surface area (Å²) in [6, 6.07) is 0.817. The largest absolute Gasteiger partial charge is 0.308 e. The molecule has 1 saturated heterocycles. The summed E-state index contributed by atoms with van der Waals surface area (Å²) in [6.07, 6.45) is 54.2. The summed E-state index contributed by atoms with van der Waals surface area (Å²) in [5.41, 5.74) is 0. The minimum atomic E-state index is 0.817. The maximum Gasteiger partial charge on any atom is 0.0113 e. The third-order valence-electron chi connectivity index (χ3n) is 10.3. The SMILES string of the molecule is CCCCCC=CCC=CCCCCCCCCC(CCCCCCCCC=CCC=CCCCCC)N1CCN(CCN(C)C)CC1. The van der Waals surface area contributed by atoms with Gasteiger partial charge in [-0.25, -0.2) is 0 Å². The lowest BCUT2D eigenvalue weighted by molar-refractivity contribution is 0.0820. The second-order valence-electron chi connectivity index (χ2n) is 15.1. The van der Waals surface area contributed by atoms with Crippen molar-refractivity contribution in [3.63, 3.8) is 0 Å². The molecule has 0 saturated carbocycles. The number of piperazine rings is 1. The molecular formula is C45H85N3. The second kappa shape index (κ2) is 35.7. The molecule has 3 heteroatoms. The fraction of sp³-hybridized carbons (Fsp3) is 0.822. The summed E-state index contributed by atoms with van der Waals surface area (Å²) >= 11 is 0. The average molecular weight is 668 g/mol. The fourth-order valence-electron chi connectivity index (χ4n) is 6.94. The van der Waals surface area contributed by atoms with E-state index in [-0.39, 0.29) is 0 Å². The molecule has 48 heavy (non-hydrogen) atoms. The molecule has 0 radical (unpaired) electrons. The monoisotopic (exact) mass is 668 g/mol. The molecule has 0 amide bonds. The Bertz CT molecular complexity index is 710. The van der Waals surface area contributed by atoms with Gasteiger partial charge >= 0.3 is 0 Å². The van der Waals surface area contributed by atoms with Crippen LogP contribution < -0.4 is 0 Å². The number of unbranched alkanes of at least 4 members (excludes halogenated alkanes) is 18. The molecule has 0 aliphatic carbocycles. The molecule has 3 nitrogen and oxygen atoms in total. The molecule has 1 aliphatic rings. The third-order valence-corrected chi connectivity index (χ3v) is 10.3. The summed E-state index contributed by atoms with van der Waals surface area (Å²) in [7, 11) is 4.40. The van der Waals surface area contributed by atoms with Crippen molar-refractivity contribution in [1.29, 1.82) is 0 Å². The van der Waals surface area contributed by atoms with Gasteiger partial charge in [0.15, 0.2) is 0 Å². The van der Waals surface area contributed by atoms with Gasteiger partial charge in [0.05, 0.1) is 0 Å². The van der Waals surface area contributed by atoms with E-state index in [1.54, 1.807) is 0 Å². The van der Waals surface area contributed by atoms with Gasteiger partial charge in [-0.1, -0.05) is 152 Å². The zero-order chi connectivity index (χ0) is 34.6. The second-order valence-corrected chi connectivity index (χ2v) is 15.1. The number of hydrogen-bond acceptors (Lipinski definition) is 3. The molecule has 0 atom stereocenters. The minimum Gasteiger partial charge on any atom is -0.308 e. The van der Waals surface area contributed by atoms with Gasteiger partial charge in [0.25, 0.3) is 0 Å². The van der Waals surface area contributed by atoms with Gasteiger partial charge in [-0.3, -0.25) is 9.80 Å². The van der Waals surface area contributed by atoms with Gasteiger partial charge in [0, 0.05) is 45.3 Å². The van der Waals surface area contributed by atoms with Crippen LogP contribution in [0.2, 0.25) is 0 Å². The normalized spacial score (nSPS) is 15.9. The molecule has 1 heterocycles. The molecule has 0 bridgehead atoms. The molecule has 0 aromatic carbocycles. The van der Waals surface area contributed by atoms with Crippen LogP contribution >= 0.6 is 0 Å². The molecule has 280 valence electrons.